The first-order valence-electron chi connectivity index (χ1n) is 6.00. The fourth-order valence-electron chi connectivity index (χ4n) is 1.67. The average Bonchev–Trinajstić information content (AvgIpc) is 3.09. The van der Waals surface area contributed by atoms with Gasteiger partial charge in [0.15, 0.2) is 10.1 Å². The Bertz CT molecular complexity index is 780. The van der Waals surface area contributed by atoms with Crippen molar-refractivity contribution in [1.82, 2.24) is 10.2 Å². The molecule has 0 saturated carbocycles. The average molecular weight is 337 g/mol. The van der Waals surface area contributed by atoms with Crippen LogP contribution in [0.3, 0.4) is 0 Å². The van der Waals surface area contributed by atoms with Crippen LogP contribution < -0.4 is 0 Å². The number of aromatic nitrogens is 2. The summed E-state index contributed by atoms with van der Waals surface area (Å²) in [6.45, 7) is 1.84. The number of benzene rings is 1. The van der Waals surface area contributed by atoms with E-state index < -0.39 is 0 Å². The zero-order valence-corrected chi connectivity index (χ0v) is 13.3. The summed E-state index contributed by atoms with van der Waals surface area (Å²) in [4.78, 5) is 12.1. The number of hydrogen-bond acceptors (Lipinski definition) is 6. The normalized spacial score (nSPS) is 10.8. The van der Waals surface area contributed by atoms with Gasteiger partial charge in [0.2, 0.25) is 0 Å². The molecule has 0 N–H and O–H groups in total. The zero-order chi connectivity index (χ0) is 14.8. The molecule has 21 heavy (non-hydrogen) atoms. The molecule has 0 aliphatic carbocycles. The molecule has 2 aromatic heterocycles. The summed E-state index contributed by atoms with van der Waals surface area (Å²) in [7, 11) is 0. The van der Waals surface area contributed by atoms with Gasteiger partial charge in [-0.15, -0.1) is 10.2 Å². The van der Waals surface area contributed by atoms with Crippen LogP contribution in [0.15, 0.2) is 45.2 Å². The van der Waals surface area contributed by atoms with Crippen LogP contribution >= 0.6 is 34.7 Å². The van der Waals surface area contributed by atoms with E-state index in [1.807, 2.05) is 19.1 Å². The van der Waals surface area contributed by atoms with Gasteiger partial charge in [-0.05, 0) is 55.1 Å². The SMILES string of the molecule is Cc1nnc(SC(=O)c2ccc(-c3ccc(Cl)cc3)o2)s1. The summed E-state index contributed by atoms with van der Waals surface area (Å²) >= 11 is 8.25. The van der Waals surface area contributed by atoms with Gasteiger partial charge in [-0.1, -0.05) is 22.9 Å². The minimum absolute atomic E-state index is 0.189. The molecule has 0 radical (unpaired) electrons. The lowest BCUT2D eigenvalue weighted by Crippen LogP contribution is -1.89. The summed E-state index contributed by atoms with van der Waals surface area (Å²) in [6, 6.07) is 10.7. The Balaban J connectivity index is 1.78. The predicted octanol–water partition coefficient (Wildman–Crippen LogP) is 4.69. The van der Waals surface area contributed by atoms with Crippen LogP contribution in [0.5, 0.6) is 0 Å². The Labute approximate surface area is 134 Å². The number of halogens is 1. The Hall–Kier alpha value is -1.63. The number of hydrogen-bond donors (Lipinski definition) is 0. The summed E-state index contributed by atoms with van der Waals surface area (Å²) in [5.41, 5.74) is 0.871. The van der Waals surface area contributed by atoms with Crippen molar-refractivity contribution in [3.63, 3.8) is 0 Å². The number of furan rings is 1. The first-order chi connectivity index (χ1) is 10.1. The minimum Gasteiger partial charge on any atom is -0.452 e. The largest absolute Gasteiger partial charge is 0.452 e. The first kappa shape index (κ1) is 14.3. The molecule has 4 nitrogen and oxygen atoms in total. The molecule has 3 aromatic rings. The number of carbonyl (C=O) groups is 1. The van der Waals surface area contributed by atoms with Gasteiger partial charge in [0.05, 0.1) is 0 Å². The maximum atomic E-state index is 12.1. The highest BCUT2D eigenvalue weighted by molar-refractivity contribution is 8.15. The lowest BCUT2D eigenvalue weighted by molar-refractivity contribution is 0.106. The van der Waals surface area contributed by atoms with Gasteiger partial charge in [0, 0.05) is 10.6 Å². The van der Waals surface area contributed by atoms with Crippen LogP contribution in [0.2, 0.25) is 5.02 Å². The highest BCUT2D eigenvalue weighted by Crippen LogP contribution is 2.29. The number of thioether (sulfide) groups is 1. The van der Waals surface area contributed by atoms with Crippen LogP contribution in [0, 0.1) is 6.92 Å². The summed E-state index contributed by atoms with van der Waals surface area (Å²) in [6.07, 6.45) is 0. The van der Waals surface area contributed by atoms with Crippen molar-refractivity contribution in [1.29, 1.82) is 0 Å². The molecule has 1 aromatic carbocycles. The number of nitrogens with zero attached hydrogens (tertiary/aromatic N) is 2. The molecule has 0 bridgehead atoms. The molecular weight excluding hydrogens is 328 g/mol. The quantitative estimate of drug-likeness (QED) is 0.649. The number of aryl methyl sites for hydroxylation is 1. The Morgan fingerprint density at radius 3 is 2.62 bits per heavy atom. The molecule has 7 heteroatoms. The van der Waals surface area contributed by atoms with Crippen LogP contribution in [0.4, 0.5) is 0 Å². The number of carbonyl (C=O) groups excluding carboxylic acids is 1. The first-order valence-corrected chi connectivity index (χ1v) is 8.01. The van der Waals surface area contributed by atoms with E-state index in [9.17, 15) is 4.79 Å². The molecule has 0 spiro atoms. The highest BCUT2D eigenvalue weighted by atomic mass is 35.5. The predicted molar refractivity (Wildman–Crippen MR) is 84.0 cm³/mol. The third-order valence-electron chi connectivity index (χ3n) is 2.62. The van der Waals surface area contributed by atoms with Crippen molar-refractivity contribution in [2.45, 2.75) is 11.3 Å². The Morgan fingerprint density at radius 2 is 1.95 bits per heavy atom. The van der Waals surface area contributed by atoms with Gasteiger partial charge in [0.25, 0.3) is 5.12 Å². The van der Waals surface area contributed by atoms with E-state index in [0.29, 0.717) is 15.1 Å². The Kier molecular flexibility index (Phi) is 4.10. The molecule has 0 unspecified atom stereocenters. The summed E-state index contributed by atoms with van der Waals surface area (Å²) < 4.78 is 6.21. The highest BCUT2D eigenvalue weighted by Gasteiger charge is 2.16. The lowest BCUT2D eigenvalue weighted by atomic mass is 10.2. The van der Waals surface area contributed by atoms with Crippen LogP contribution in [-0.2, 0) is 0 Å². The van der Waals surface area contributed by atoms with Gasteiger partial charge in [0.1, 0.15) is 10.8 Å². The fourth-order valence-corrected chi connectivity index (χ4v) is 3.41. The van der Waals surface area contributed by atoms with Crippen molar-refractivity contribution in [3.05, 3.63) is 52.2 Å². The Morgan fingerprint density at radius 1 is 1.19 bits per heavy atom. The van der Waals surface area contributed by atoms with Gasteiger partial charge < -0.3 is 4.42 Å². The van der Waals surface area contributed by atoms with Gasteiger partial charge in [-0.3, -0.25) is 4.79 Å². The molecule has 0 fully saturated rings. The summed E-state index contributed by atoms with van der Waals surface area (Å²) in [5.74, 6) is 0.918. The van der Waals surface area contributed by atoms with Crippen molar-refractivity contribution in [2.75, 3.05) is 0 Å². The second-order valence-electron chi connectivity index (χ2n) is 4.15. The number of rotatable bonds is 3. The second kappa shape index (κ2) is 6.01. The molecule has 0 atom stereocenters. The van der Waals surface area contributed by atoms with Crippen LogP contribution in [0.1, 0.15) is 15.6 Å². The van der Waals surface area contributed by atoms with Crippen molar-refractivity contribution in [2.24, 2.45) is 0 Å². The molecule has 106 valence electrons. The van der Waals surface area contributed by atoms with Crippen molar-refractivity contribution < 1.29 is 9.21 Å². The molecule has 0 amide bonds. The summed E-state index contributed by atoms with van der Waals surface area (Å²) in [5, 5.41) is 9.08. The maximum Gasteiger partial charge on any atom is 0.261 e. The standard InChI is InChI=1S/C14H9ClN2O2S2/c1-8-16-17-14(20-8)21-13(18)12-7-6-11(19-12)9-2-4-10(15)5-3-9/h2-7H,1H3. The van der Waals surface area contributed by atoms with E-state index in [0.717, 1.165) is 22.3 Å². The molecule has 0 aliphatic rings. The van der Waals surface area contributed by atoms with Crippen molar-refractivity contribution >= 4 is 39.8 Å². The topological polar surface area (TPSA) is 56.0 Å². The fraction of sp³-hybridized carbons (Fsp3) is 0.0714. The minimum atomic E-state index is -0.189. The lowest BCUT2D eigenvalue weighted by Gasteiger charge is -1.97. The van der Waals surface area contributed by atoms with E-state index in [1.54, 1.807) is 24.3 Å². The van der Waals surface area contributed by atoms with Gasteiger partial charge in [-0.25, -0.2) is 0 Å². The molecule has 2 heterocycles. The van der Waals surface area contributed by atoms with Crippen LogP contribution in [-0.4, -0.2) is 15.3 Å². The smallest absolute Gasteiger partial charge is 0.261 e. The van der Waals surface area contributed by atoms with E-state index in [2.05, 4.69) is 10.2 Å². The van der Waals surface area contributed by atoms with Crippen LogP contribution in [0.25, 0.3) is 11.3 Å². The van der Waals surface area contributed by atoms with E-state index in [4.69, 9.17) is 16.0 Å². The molecule has 3 rings (SSSR count). The van der Waals surface area contributed by atoms with Crippen molar-refractivity contribution in [3.8, 4) is 11.3 Å². The van der Waals surface area contributed by atoms with E-state index in [1.165, 1.54) is 11.3 Å². The van der Waals surface area contributed by atoms with E-state index >= 15 is 0 Å². The van der Waals surface area contributed by atoms with Gasteiger partial charge in [-0.2, -0.15) is 0 Å². The molecule has 0 saturated heterocycles. The third-order valence-corrected chi connectivity index (χ3v) is 4.65. The maximum absolute atomic E-state index is 12.1. The molecular formula is C14H9ClN2O2S2. The third kappa shape index (κ3) is 3.34. The molecule has 0 aliphatic heterocycles. The monoisotopic (exact) mass is 336 g/mol. The zero-order valence-electron chi connectivity index (χ0n) is 10.9. The van der Waals surface area contributed by atoms with E-state index in [-0.39, 0.29) is 10.9 Å². The second-order valence-corrected chi connectivity index (χ2v) is 6.99. The van der Waals surface area contributed by atoms with Gasteiger partial charge >= 0.3 is 0 Å².